The predicted octanol–water partition coefficient (Wildman–Crippen LogP) is 2.70. The molecule has 25 heavy (non-hydrogen) atoms. The number of esters is 1. The third-order valence-corrected chi connectivity index (χ3v) is 4.07. The molecule has 0 atom stereocenters. The van der Waals surface area contributed by atoms with Gasteiger partial charge in [-0.2, -0.15) is 0 Å². The second-order valence-electron chi connectivity index (χ2n) is 7.70. The van der Waals surface area contributed by atoms with Crippen molar-refractivity contribution in [1.82, 2.24) is 10.2 Å². The van der Waals surface area contributed by atoms with E-state index in [-0.39, 0.29) is 17.7 Å². The van der Waals surface area contributed by atoms with Crippen molar-refractivity contribution in [3.8, 4) is 0 Å². The molecule has 0 aromatic heterocycles. The Balaban J connectivity index is 2.18. The topological polar surface area (TPSA) is 74.2 Å². The van der Waals surface area contributed by atoms with Gasteiger partial charge in [-0.15, -0.1) is 0 Å². The predicted molar refractivity (Wildman–Crippen MR) is 102 cm³/mol. The van der Waals surface area contributed by atoms with Crippen LogP contribution in [0, 0.1) is 0 Å². The molecule has 1 saturated heterocycles. The third-order valence-electron chi connectivity index (χ3n) is 4.07. The molecular weight excluding hydrogens is 318 g/mol. The van der Waals surface area contributed by atoms with E-state index in [2.05, 4.69) is 17.1 Å². The Bertz CT molecular complexity index is 411. The smallest absolute Gasteiger partial charge is 0.306 e. The van der Waals surface area contributed by atoms with Crippen molar-refractivity contribution in [3.63, 3.8) is 0 Å². The monoisotopic (exact) mass is 355 g/mol. The Hall–Kier alpha value is -1.30. The van der Waals surface area contributed by atoms with Crippen molar-refractivity contribution < 1.29 is 14.6 Å². The van der Waals surface area contributed by atoms with Crippen LogP contribution in [0.25, 0.3) is 0 Å². The summed E-state index contributed by atoms with van der Waals surface area (Å²) in [5, 5.41) is 13.0. The minimum absolute atomic E-state index is 0.104. The van der Waals surface area contributed by atoms with Crippen molar-refractivity contribution in [2.24, 2.45) is 4.99 Å². The van der Waals surface area contributed by atoms with Crippen LogP contribution in [0.3, 0.4) is 0 Å². The molecule has 0 aromatic rings. The number of nitrogens with zero attached hydrogens (tertiary/aromatic N) is 2. The van der Waals surface area contributed by atoms with E-state index in [1.807, 2.05) is 20.8 Å². The molecule has 0 radical (unpaired) electrons. The lowest BCUT2D eigenvalue weighted by Gasteiger charge is -2.32. The lowest BCUT2D eigenvalue weighted by Crippen LogP contribution is -2.46. The summed E-state index contributed by atoms with van der Waals surface area (Å²) in [6.07, 6.45) is 5.97. The maximum absolute atomic E-state index is 11.6. The highest BCUT2D eigenvalue weighted by Crippen LogP contribution is 2.12. The summed E-state index contributed by atoms with van der Waals surface area (Å²) in [6, 6.07) is 0. The molecule has 0 unspecified atom stereocenters. The van der Waals surface area contributed by atoms with Crippen LogP contribution in [0.2, 0.25) is 0 Å². The van der Waals surface area contributed by atoms with Crippen molar-refractivity contribution >= 4 is 11.9 Å². The van der Waals surface area contributed by atoms with Gasteiger partial charge in [0.1, 0.15) is 5.60 Å². The van der Waals surface area contributed by atoms with E-state index in [0.717, 1.165) is 70.7 Å². The highest BCUT2D eigenvalue weighted by Gasteiger charge is 2.19. The molecule has 1 aliphatic rings. The number of piperidine rings is 1. The second-order valence-corrected chi connectivity index (χ2v) is 7.70. The van der Waals surface area contributed by atoms with Crippen molar-refractivity contribution in [3.05, 3.63) is 0 Å². The maximum atomic E-state index is 11.6. The van der Waals surface area contributed by atoms with Crippen LogP contribution < -0.4 is 5.32 Å². The van der Waals surface area contributed by atoms with Crippen molar-refractivity contribution in [1.29, 1.82) is 0 Å². The van der Waals surface area contributed by atoms with Crippen molar-refractivity contribution in [2.45, 2.75) is 84.3 Å². The normalized spacial score (nSPS) is 16.8. The zero-order valence-electron chi connectivity index (χ0n) is 16.5. The van der Waals surface area contributed by atoms with Gasteiger partial charge in [0.2, 0.25) is 0 Å². The van der Waals surface area contributed by atoms with Gasteiger partial charge >= 0.3 is 5.97 Å². The van der Waals surface area contributed by atoms with E-state index in [9.17, 15) is 9.90 Å². The Morgan fingerprint density at radius 2 is 1.84 bits per heavy atom. The second kappa shape index (κ2) is 11.3. The summed E-state index contributed by atoms with van der Waals surface area (Å²) < 4.78 is 5.31. The molecule has 6 heteroatoms. The number of aliphatic imine (C=N–C) groups is 1. The fourth-order valence-corrected chi connectivity index (χ4v) is 2.82. The van der Waals surface area contributed by atoms with E-state index in [0.29, 0.717) is 6.42 Å². The first kappa shape index (κ1) is 21.7. The van der Waals surface area contributed by atoms with Gasteiger partial charge in [0.15, 0.2) is 5.96 Å². The molecule has 1 aliphatic heterocycles. The molecule has 0 spiro atoms. The summed E-state index contributed by atoms with van der Waals surface area (Å²) in [6.45, 7) is 11.1. The number of carbonyl (C=O) groups excluding carboxylic acids is 1. The van der Waals surface area contributed by atoms with E-state index < -0.39 is 0 Å². The molecule has 0 bridgehead atoms. The summed E-state index contributed by atoms with van der Waals surface area (Å²) in [5.74, 6) is 0.857. The molecule has 0 saturated carbocycles. The molecule has 0 aromatic carbocycles. The lowest BCUT2D eigenvalue weighted by atomic mass is 10.1. The molecule has 1 heterocycles. The number of rotatable bonds is 8. The molecule has 2 N–H and O–H groups in total. The van der Waals surface area contributed by atoms with Gasteiger partial charge in [-0.3, -0.25) is 9.79 Å². The molecule has 0 amide bonds. The number of nitrogens with one attached hydrogen (secondary N) is 1. The fourth-order valence-electron chi connectivity index (χ4n) is 2.82. The number of unbranched alkanes of at least 4 members (excludes halogenated alkanes) is 3. The summed E-state index contributed by atoms with van der Waals surface area (Å²) in [5.41, 5.74) is -0.390. The van der Waals surface area contributed by atoms with Crippen LogP contribution in [0.15, 0.2) is 4.99 Å². The van der Waals surface area contributed by atoms with Gasteiger partial charge in [0.25, 0.3) is 0 Å². The number of hydrogen-bond donors (Lipinski definition) is 2. The first-order valence-corrected chi connectivity index (χ1v) is 9.75. The number of guanidine groups is 1. The Morgan fingerprint density at radius 3 is 2.44 bits per heavy atom. The first-order valence-electron chi connectivity index (χ1n) is 9.75. The van der Waals surface area contributed by atoms with Crippen LogP contribution in [-0.4, -0.2) is 59.8 Å². The standard InChI is InChI=1S/C19H37N3O3/c1-5-20-18(22-14-11-16(23)12-15-22)21-13-9-7-6-8-10-17(24)25-19(2,3)4/h16,23H,5-15H2,1-4H3,(H,20,21). The average molecular weight is 356 g/mol. The van der Waals surface area contributed by atoms with Crippen LogP contribution >= 0.6 is 0 Å². The van der Waals surface area contributed by atoms with Gasteiger partial charge in [0, 0.05) is 32.6 Å². The van der Waals surface area contributed by atoms with E-state index in [1.165, 1.54) is 0 Å². The van der Waals surface area contributed by atoms with Crippen molar-refractivity contribution in [2.75, 3.05) is 26.2 Å². The molecule has 6 nitrogen and oxygen atoms in total. The number of likely N-dealkylation sites (tertiary alicyclic amines) is 1. The van der Waals surface area contributed by atoms with Gasteiger partial charge in [-0.25, -0.2) is 0 Å². The minimum atomic E-state index is -0.390. The molecular formula is C19H37N3O3. The number of hydrogen-bond acceptors (Lipinski definition) is 4. The summed E-state index contributed by atoms with van der Waals surface area (Å²) in [4.78, 5) is 18.6. The Morgan fingerprint density at radius 1 is 1.20 bits per heavy atom. The molecule has 1 fully saturated rings. The van der Waals surface area contributed by atoms with E-state index in [1.54, 1.807) is 0 Å². The largest absolute Gasteiger partial charge is 0.460 e. The zero-order valence-corrected chi connectivity index (χ0v) is 16.5. The molecule has 146 valence electrons. The van der Waals surface area contributed by atoms with Gasteiger partial charge in [-0.05, 0) is 53.4 Å². The van der Waals surface area contributed by atoms with Gasteiger partial charge < -0.3 is 20.1 Å². The SMILES string of the molecule is CCNC(=NCCCCCCC(=O)OC(C)(C)C)N1CCC(O)CC1. The molecule has 1 rings (SSSR count). The average Bonchev–Trinajstić information content (AvgIpc) is 2.52. The number of aliphatic hydroxyl groups excluding tert-OH is 1. The number of carbonyl (C=O) groups is 1. The third kappa shape index (κ3) is 10.3. The van der Waals surface area contributed by atoms with Gasteiger partial charge in [0.05, 0.1) is 6.10 Å². The van der Waals surface area contributed by atoms with Gasteiger partial charge in [-0.1, -0.05) is 12.8 Å². The lowest BCUT2D eigenvalue weighted by molar-refractivity contribution is -0.154. The first-order chi connectivity index (χ1) is 11.8. The van der Waals surface area contributed by atoms with E-state index in [4.69, 9.17) is 9.73 Å². The zero-order chi connectivity index (χ0) is 18.7. The molecule has 0 aliphatic carbocycles. The van der Waals surface area contributed by atoms with E-state index >= 15 is 0 Å². The minimum Gasteiger partial charge on any atom is -0.460 e. The number of ether oxygens (including phenoxy) is 1. The van der Waals surface area contributed by atoms with Crippen LogP contribution in [0.4, 0.5) is 0 Å². The number of aliphatic hydroxyl groups is 1. The van der Waals surface area contributed by atoms with Crippen LogP contribution in [0.1, 0.15) is 72.6 Å². The maximum Gasteiger partial charge on any atom is 0.306 e. The fraction of sp³-hybridized carbons (Fsp3) is 0.895. The Labute approximate surface area is 153 Å². The highest BCUT2D eigenvalue weighted by molar-refractivity contribution is 5.80. The Kier molecular flexibility index (Phi) is 9.86. The van der Waals surface area contributed by atoms with Crippen LogP contribution in [-0.2, 0) is 9.53 Å². The summed E-state index contributed by atoms with van der Waals surface area (Å²) in [7, 11) is 0. The van der Waals surface area contributed by atoms with Crippen LogP contribution in [0.5, 0.6) is 0 Å². The highest BCUT2D eigenvalue weighted by atomic mass is 16.6. The summed E-state index contributed by atoms with van der Waals surface area (Å²) >= 11 is 0. The quantitative estimate of drug-likeness (QED) is 0.303.